The van der Waals surface area contributed by atoms with Crippen molar-refractivity contribution in [2.24, 2.45) is 0 Å². The first-order valence-electron chi connectivity index (χ1n) is 9.18. The van der Waals surface area contributed by atoms with Crippen molar-refractivity contribution in [2.45, 2.75) is 19.8 Å². The van der Waals surface area contributed by atoms with Crippen LogP contribution in [0.5, 0.6) is 0 Å². The zero-order valence-electron chi connectivity index (χ0n) is 15.5. The summed E-state index contributed by atoms with van der Waals surface area (Å²) in [7, 11) is 0. The van der Waals surface area contributed by atoms with Crippen LogP contribution in [0.3, 0.4) is 0 Å². The minimum atomic E-state index is -0.349. The van der Waals surface area contributed by atoms with Gasteiger partial charge in [0, 0.05) is 46.9 Å². The van der Waals surface area contributed by atoms with E-state index in [4.69, 9.17) is 11.6 Å². The lowest BCUT2D eigenvalue weighted by Gasteiger charge is -2.20. The van der Waals surface area contributed by atoms with Gasteiger partial charge in [-0.05, 0) is 49.7 Å². The van der Waals surface area contributed by atoms with Gasteiger partial charge in [-0.25, -0.2) is 14.4 Å². The molecule has 0 atom stereocenters. The molecule has 0 saturated carbocycles. The summed E-state index contributed by atoms with van der Waals surface area (Å²) in [5.41, 5.74) is 4.43. The average molecular weight is 396 g/mol. The number of nitrogens with zero attached hydrogens (tertiary/aromatic N) is 3. The minimum absolute atomic E-state index is 0.0921. The molecule has 28 heavy (non-hydrogen) atoms. The summed E-state index contributed by atoms with van der Waals surface area (Å²) in [5, 5.41) is 0.677. The van der Waals surface area contributed by atoms with E-state index in [1.54, 1.807) is 4.90 Å². The summed E-state index contributed by atoms with van der Waals surface area (Å²) in [4.78, 5) is 23.9. The SMILES string of the molecule is Cc1nc2c(c(-c3ccc(Cl)cc3)n1)CCN(C(=O)c1ccc(F)cc1)CC2. The predicted octanol–water partition coefficient (Wildman–Crippen LogP) is 4.49. The van der Waals surface area contributed by atoms with Crippen LogP contribution >= 0.6 is 11.6 Å². The molecule has 0 unspecified atom stereocenters. The Labute approximate surface area is 168 Å². The number of rotatable bonds is 2. The molecule has 0 saturated heterocycles. The zero-order chi connectivity index (χ0) is 19.7. The van der Waals surface area contributed by atoms with E-state index in [1.165, 1.54) is 24.3 Å². The number of benzene rings is 2. The second-order valence-electron chi connectivity index (χ2n) is 6.85. The van der Waals surface area contributed by atoms with Crippen LogP contribution in [0.4, 0.5) is 4.39 Å². The molecule has 6 heteroatoms. The Hall–Kier alpha value is -2.79. The van der Waals surface area contributed by atoms with Crippen molar-refractivity contribution in [2.75, 3.05) is 13.1 Å². The van der Waals surface area contributed by atoms with E-state index in [9.17, 15) is 9.18 Å². The van der Waals surface area contributed by atoms with E-state index in [0.717, 1.165) is 22.5 Å². The summed E-state index contributed by atoms with van der Waals surface area (Å²) >= 11 is 6.02. The maximum absolute atomic E-state index is 13.2. The van der Waals surface area contributed by atoms with Crippen LogP contribution in [-0.2, 0) is 12.8 Å². The summed E-state index contributed by atoms with van der Waals surface area (Å²) < 4.78 is 13.2. The van der Waals surface area contributed by atoms with Gasteiger partial charge in [-0.2, -0.15) is 0 Å². The molecule has 1 aromatic heterocycles. The van der Waals surface area contributed by atoms with Crippen LogP contribution in [0.2, 0.25) is 5.02 Å². The van der Waals surface area contributed by atoms with E-state index in [-0.39, 0.29) is 11.7 Å². The van der Waals surface area contributed by atoms with Crippen LogP contribution in [-0.4, -0.2) is 33.9 Å². The number of amides is 1. The van der Waals surface area contributed by atoms with Gasteiger partial charge in [-0.1, -0.05) is 23.7 Å². The third-order valence-corrected chi connectivity index (χ3v) is 5.20. The normalized spacial score (nSPS) is 13.8. The van der Waals surface area contributed by atoms with Crippen molar-refractivity contribution in [3.8, 4) is 11.3 Å². The summed E-state index contributed by atoms with van der Waals surface area (Å²) in [6.45, 7) is 3.02. The highest BCUT2D eigenvalue weighted by atomic mass is 35.5. The second-order valence-corrected chi connectivity index (χ2v) is 7.29. The van der Waals surface area contributed by atoms with Crippen LogP contribution in [0.1, 0.15) is 27.4 Å². The van der Waals surface area contributed by atoms with Crippen molar-refractivity contribution in [3.05, 3.63) is 82.0 Å². The van der Waals surface area contributed by atoms with E-state index in [1.807, 2.05) is 31.2 Å². The molecule has 2 aromatic carbocycles. The number of aryl methyl sites for hydroxylation is 1. The Morgan fingerprint density at radius 2 is 1.68 bits per heavy atom. The van der Waals surface area contributed by atoms with Crippen molar-refractivity contribution in [1.29, 1.82) is 0 Å². The van der Waals surface area contributed by atoms with Gasteiger partial charge < -0.3 is 4.90 Å². The molecule has 0 N–H and O–H groups in total. The number of carbonyl (C=O) groups is 1. The van der Waals surface area contributed by atoms with Crippen molar-refractivity contribution >= 4 is 17.5 Å². The highest BCUT2D eigenvalue weighted by Crippen LogP contribution is 2.28. The summed E-state index contributed by atoms with van der Waals surface area (Å²) in [6, 6.07) is 13.3. The van der Waals surface area contributed by atoms with Crippen LogP contribution in [0, 0.1) is 12.7 Å². The van der Waals surface area contributed by atoms with E-state index in [0.29, 0.717) is 42.3 Å². The highest BCUT2D eigenvalue weighted by Gasteiger charge is 2.23. The monoisotopic (exact) mass is 395 g/mol. The molecule has 4 nitrogen and oxygen atoms in total. The highest BCUT2D eigenvalue weighted by molar-refractivity contribution is 6.30. The smallest absolute Gasteiger partial charge is 0.253 e. The quantitative estimate of drug-likeness (QED) is 0.642. The molecule has 4 rings (SSSR count). The average Bonchev–Trinajstić information content (AvgIpc) is 2.91. The number of hydrogen-bond donors (Lipinski definition) is 0. The summed E-state index contributed by atoms with van der Waals surface area (Å²) in [6.07, 6.45) is 1.33. The molecule has 1 aliphatic heterocycles. The van der Waals surface area contributed by atoms with Crippen LogP contribution in [0.15, 0.2) is 48.5 Å². The Morgan fingerprint density at radius 1 is 1.00 bits per heavy atom. The molecule has 142 valence electrons. The molecule has 1 amide bonds. The fourth-order valence-corrected chi connectivity index (χ4v) is 3.67. The number of hydrogen-bond acceptors (Lipinski definition) is 3. The van der Waals surface area contributed by atoms with Gasteiger partial charge in [0.1, 0.15) is 11.6 Å². The fraction of sp³-hybridized carbons (Fsp3) is 0.227. The maximum Gasteiger partial charge on any atom is 0.253 e. The lowest BCUT2D eigenvalue weighted by molar-refractivity contribution is 0.0763. The zero-order valence-corrected chi connectivity index (χ0v) is 16.2. The van der Waals surface area contributed by atoms with E-state index in [2.05, 4.69) is 9.97 Å². The predicted molar refractivity (Wildman–Crippen MR) is 107 cm³/mol. The number of fused-ring (bicyclic) bond motifs is 1. The molecule has 0 fully saturated rings. The van der Waals surface area contributed by atoms with Crippen molar-refractivity contribution in [1.82, 2.24) is 14.9 Å². The number of carbonyl (C=O) groups excluding carboxylic acids is 1. The largest absolute Gasteiger partial charge is 0.338 e. The topological polar surface area (TPSA) is 46.1 Å². The first-order chi connectivity index (χ1) is 13.5. The first kappa shape index (κ1) is 18.6. The van der Waals surface area contributed by atoms with Gasteiger partial charge in [0.05, 0.1) is 5.69 Å². The van der Waals surface area contributed by atoms with Crippen LogP contribution in [0.25, 0.3) is 11.3 Å². The molecule has 1 aliphatic rings. The minimum Gasteiger partial charge on any atom is -0.338 e. The third kappa shape index (κ3) is 3.76. The van der Waals surface area contributed by atoms with Gasteiger partial charge >= 0.3 is 0 Å². The van der Waals surface area contributed by atoms with Crippen molar-refractivity contribution in [3.63, 3.8) is 0 Å². The second kappa shape index (κ2) is 7.68. The molecule has 0 radical (unpaired) electrons. The molecular weight excluding hydrogens is 377 g/mol. The lowest BCUT2D eigenvalue weighted by Crippen LogP contribution is -2.33. The Morgan fingerprint density at radius 3 is 2.39 bits per heavy atom. The van der Waals surface area contributed by atoms with Gasteiger partial charge in [-0.15, -0.1) is 0 Å². The third-order valence-electron chi connectivity index (χ3n) is 4.95. The van der Waals surface area contributed by atoms with E-state index >= 15 is 0 Å². The maximum atomic E-state index is 13.2. The van der Waals surface area contributed by atoms with Gasteiger partial charge in [0.25, 0.3) is 5.91 Å². The Bertz CT molecular complexity index is 1020. The first-order valence-corrected chi connectivity index (χ1v) is 9.56. The number of aromatic nitrogens is 2. The van der Waals surface area contributed by atoms with Gasteiger partial charge in [-0.3, -0.25) is 4.79 Å². The van der Waals surface area contributed by atoms with Gasteiger partial charge in [0.15, 0.2) is 0 Å². The molecular formula is C22H19ClFN3O. The molecule has 0 aliphatic carbocycles. The van der Waals surface area contributed by atoms with E-state index < -0.39 is 0 Å². The van der Waals surface area contributed by atoms with Gasteiger partial charge in [0.2, 0.25) is 0 Å². The Balaban J connectivity index is 1.63. The van der Waals surface area contributed by atoms with Crippen LogP contribution < -0.4 is 0 Å². The summed E-state index contributed by atoms with van der Waals surface area (Å²) in [5.74, 6) is 0.269. The fourth-order valence-electron chi connectivity index (χ4n) is 3.55. The standard InChI is InChI=1S/C22H19ClFN3O/c1-14-25-20-11-13-27(22(28)16-4-8-18(24)9-5-16)12-10-19(20)21(26-14)15-2-6-17(23)7-3-15/h2-9H,10-13H2,1H3. The lowest BCUT2D eigenvalue weighted by atomic mass is 10.0. The van der Waals surface area contributed by atoms with Crippen molar-refractivity contribution < 1.29 is 9.18 Å². The molecule has 0 spiro atoms. The number of halogens is 2. The Kier molecular flexibility index (Phi) is 5.09. The molecule has 2 heterocycles. The molecule has 3 aromatic rings. The molecule has 0 bridgehead atoms.